The Morgan fingerprint density at radius 1 is 1.06 bits per heavy atom. The first kappa shape index (κ1) is 24.1. The fourth-order valence-corrected chi connectivity index (χ4v) is 3.75. The first-order valence-electron chi connectivity index (χ1n) is 11.6. The highest BCUT2D eigenvalue weighted by molar-refractivity contribution is 6.03. The van der Waals surface area contributed by atoms with Crippen molar-refractivity contribution in [3.63, 3.8) is 0 Å². The van der Waals surface area contributed by atoms with Crippen LogP contribution in [-0.2, 0) is 15.0 Å². The summed E-state index contributed by atoms with van der Waals surface area (Å²) in [5, 5.41) is 2.85. The van der Waals surface area contributed by atoms with Gasteiger partial charge in [-0.2, -0.15) is 0 Å². The Morgan fingerprint density at radius 3 is 2.51 bits per heavy atom. The Bertz CT molecular complexity index is 1210. The van der Waals surface area contributed by atoms with Crippen molar-refractivity contribution in [3.05, 3.63) is 90.0 Å². The van der Waals surface area contributed by atoms with Crippen molar-refractivity contribution in [2.45, 2.75) is 26.2 Å². The van der Waals surface area contributed by atoms with Crippen LogP contribution < -0.4 is 19.7 Å². The number of hydrogen-bond acceptors (Lipinski definition) is 4. The standard InChI is InChI=1S/C29H30N2O4/c1-29(2,3)22-10-13-24(14-11-22)34-18-17-31-25-19-23(12-15-26(25)35-20-28(31)33)30-27(32)16-9-21-7-5-4-6-8-21/h4-16,19H,17-18,20H2,1-3H3,(H,30,32)/b16-9+. The van der Waals surface area contributed by atoms with Gasteiger partial charge in [0.1, 0.15) is 18.1 Å². The van der Waals surface area contributed by atoms with Crippen LogP contribution in [0.5, 0.6) is 11.5 Å². The average Bonchev–Trinajstić information content (AvgIpc) is 2.84. The molecule has 4 rings (SSSR count). The largest absolute Gasteiger partial charge is 0.492 e. The third-order valence-electron chi connectivity index (χ3n) is 5.70. The SMILES string of the molecule is CC(C)(C)c1ccc(OCCN2C(=O)COc3ccc(NC(=O)/C=C/c4ccccc4)cc32)cc1. The summed E-state index contributed by atoms with van der Waals surface area (Å²) in [6.07, 6.45) is 3.23. The monoisotopic (exact) mass is 470 g/mol. The van der Waals surface area contributed by atoms with E-state index in [1.165, 1.54) is 11.6 Å². The molecule has 0 atom stereocenters. The van der Waals surface area contributed by atoms with Crippen LogP contribution in [0.15, 0.2) is 78.9 Å². The highest BCUT2D eigenvalue weighted by Gasteiger charge is 2.26. The third kappa shape index (κ3) is 6.29. The molecule has 6 heteroatoms. The van der Waals surface area contributed by atoms with Crippen molar-refractivity contribution in [1.29, 1.82) is 0 Å². The topological polar surface area (TPSA) is 67.9 Å². The summed E-state index contributed by atoms with van der Waals surface area (Å²) in [5.74, 6) is 0.934. The number of nitrogens with one attached hydrogen (secondary N) is 1. The minimum Gasteiger partial charge on any atom is -0.492 e. The second-order valence-corrected chi connectivity index (χ2v) is 9.37. The summed E-state index contributed by atoms with van der Waals surface area (Å²) in [6, 6.07) is 22.9. The van der Waals surface area contributed by atoms with Gasteiger partial charge < -0.3 is 19.7 Å². The number of carbonyl (C=O) groups is 2. The molecule has 1 aliphatic heterocycles. The van der Waals surface area contributed by atoms with Crippen molar-refractivity contribution >= 4 is 29.3 Å². The van der Waals surface area contributed by atoms with Crippen LogP contribution in [0.4, 0.5) is 11.4 Å². The van der Waals surface area contributed by atoms with Gasteiger partial charge in [-0.15, -0.1) is 0 Å². The van der Waals surface area contributed by atoms with E-state index in [-0.39, 0.29) is 23.8 Å². The van der Waals surface area contributed by atoms with Gasteiger partial charge in [0.25, 0.3) is 5.91 Å². The Balaban J connectivity index is 1.40. The minimum absolute atomic E-state index is 0.0290. The maximum Gasteiger partial charge on any atom is 0.265 e. The predicted octanol–water partition coefficient (Wildman–Crippen LogP) is 5.44. The number of fused-ring (bicyclic) bond motifs is 1. The molecule has 1 aliphatic rings. The highest BCUT2D eigenvalue weighted by atomic mass is 16.5. The zero-order valence-electron chi connectivity index (χ0n) is 20.3. The molecular weight excluding hydrogens is 440 g/mol. The van der Waals surface area contributed by atoms with Crippen molar-refractivity contribution in [2.75, 3.05) is 30.0 Å². The number of amides is 2. The average molecular weight is 471 g/mol. The highest BCUT2D eigenvalue weighted by Crippen LogP contribution is 2.34. The van der Waals surface area contributed by atoms with E-state index < -0.39 is 0 Å². The van der Waals surface area contributed by atoms with Crippen molar-refractivity contribution in [1.82, 2.24) is 0 Å². The van der Waals surface area contributed by atoms with Crippen molar-refractivity contribution in [2.24, 2.45) is 0 Å². The number of nitrogens with zero attached hydrogens (tertiary/aromatic N) is 1. The normalized spacial score (nSPS) is 13.3. The van der Waals surface area contributed by atoms with Gasteiger partial charge in [-0.25, -0.2) is 0 Å². The van der Waals surface area contributed by atoms with Gasteiger partial charge in [-0.1, -0.05) is 63.2 Å². The fraction of sp³-hybridized carbons (Fsp3) is 0.241. The predicted molar refractivity (Wildman–Crippen MR) is 139 cm³/mol. The Morgan fingerprint density at radius 2 is 1.80 bits per heavy atom. The third-order valence-corrected chi connectivity index (χ3v) is 5.70. The van der Waals surface area contributed by atoms with Gasteiger partial charge in [0.05, 0.1) is 12.2 Å². The number of carbonyl (C=O) groups excluding carboxylic acids is 2. The summed E-state index contributed by atoms with van der Waals surface area (Å²) >= 11 is 0. The zero-order valence-corrected chi connectivity index (χ0v) is 20.3. The maximum absolute atomic E-state index is 12.6. The molecule has 2 amide bonds. The molecule has 1 N–H and O–H groups in total. The smallest absolute Gasteiger partial charge is 0.265 e. The number of hydrogen-bond donors (Lipinski definition) is 1. The quantitative estimate of drug-likeness (QED) is 0.467. The lowest BCUT2D eigenvalue weighted by Gasteiger charge is -2.29. The van der Waals surface area contributed by atoms with Gasteiger partial charge in [0, 0.05) is 11.8 Å². The van der Waals surface area contributed by atoms with E-state index in [1.54, 1.807) is 29.2 Å². The molecule has 0 radical (unpaired) electrons. The molecular formula is C29H30N2O4. The van der Waals surface area contributed by atoms with E-state index in [0.717, 1.165) is 11.3 Å². The summed E-state index contributed by atoms with van der Waals surface area (Å²) in [6.45, 7) is 7.17. The zero-order chi connectivity index (χ0) is 24.8. The molecule has 0 unspecified atom stereocenters. The molecule has 3 aromatic rings. The summed E-state index contributed by atoms with van der Waals surface area (Å²) in [7, 11) is 0. The molecule has 3 aromatic carbocycles. The summed E-state index contributed by atoms with van der Waals surface area (Å²) in [4.78, 5) is 26.6. The van der Waals surface area contributed by atoms with E-state index in [2.05, 4.69) is 38.2 Å². The molecule has 1 heterocycles. The van der Waals surface area contributed by atoms with E-state index in [4.69, 9.17) is 9.47 Å². The van der Waals surface area contributed by atoms with Crippen LogP contribution in [0.2, 0.25) is 0 Å². The molecule has 6 nitrogen and oxygen atoms in total. The number of anilines is 2. The lowest BCUT2D eigenvalue weighted by Crippen LogP contribution is -2.41. The van der Waals surface area contributed by atoms with Gasteiger partial charge in [0.15, 0.2) is 6.61 Å². The Labute approximate surface area is 206 Å². The second-order valence-electron chi connectivity index (χ2n) is 9.37. The fourth-order valence-electron chi connectivity index (χ4n) is 3.75. The first-order chi connectivity index (χ1) is 16.8. The van der Waals surface area contributed by atoms with Crippen molar-refractivity contribution in [3.8, 4) is 11.5 Å². The molecule has 0 saturated heterocycles. The number of ether oxygens (including phenoxy) is 2. The van der Waals surface area contributed by atoms with Crippen LogP contribution in [-0.4, -0.2) is 31.6 Å². The molecule has 0 spiro atoms. The van der Waals surface area contributed by atoms with Crippen molar-refractivity contribution < 1.29 is 19.1 Å². The lowest BCUT2D eigenvalue weighted by atomic mass is 9.87. The molecule has 0 aromatic heterocycles. The molecule has 0 saturated carbocycles. The molecule has 180 valence electrons. The van der Waals surface area contributed by atoms with Gasteiger partial charge in [-0.3, -0.25) is 9.59 Å². The summed E-state index contributed by atoms with van der Waals surface area (Å²) in [5.41, 5.74) is 3.43. The van der Waals surface area contributed by atoms with Gasteiger partial charge in [-0.05, 0) is 52.9 Å². The number of rotatable bonds is 7. The summed E-state index contributed by atoms with van der Waals surface area (Å²) < 4.78 is 11.5. The van der Waals surface area contributed by atoms with E-state index in [0.29, 0.717) is 30.3 Å². The maximum atomic E-state index is 12.6. The van der Waals surface area contributed by atoms with E-state index in [9.17, 15) is 9.59 Å². The van der Waals surface area contributed by atoms with Gasteiger partial charge in [0.2, 0.25) is 5.91 Å². The van der Waals surface area contributed by atoms with Crippen LogP contribution in [0.3, 0.4) is 0 Å². The van der Waals surface area contributed by atoms with Gasteiger partial charge >= 0.3 is 0 Å². The second kappa shape index (κ2) is 10.5. The molecule has 35 heavy (non-hydrogen) atoms. The molecule has 0 bridgehead atoms. The van der Waals surface area contributed by atoms with E-state index in [1.807, 2.05) is 42.5 Å². The Kier molecular flexibility index (Phi) is 7.20. The van der Waals surface area contributed by atoms with Crippen LogP contribution >= 0.6 is 0 Å². The van der Waals surface area contributed by atoms with Crippen LogP contribution in [0.25, 0.3) is 6.08 Å². The molecule has 0 aliphatic carbocycles. The number of benzene rings is 3. The first-order valence-corrected chi connectivity index (χ1v) is 11.6. The Hall–Kier alpha value is -4.06. The van der Waals surface area contributed by atoms with Crippen LogP contribution in [0.1, 0.15) is 31.9 Å². The minimum atomic E-state index is -0.259. The van der Waals surface area contributed by atoms with E-state index >= 15 is 0 Å². The molecule has 0 fully saturated rings. The van der Waals surface area contributed by atoms with Crippen LogP contribution in [0, 0.1) is 0 Å². The lowest BCUT2D eigenvalue weighted by molar-refractivity contribution is -0.121.